The summed E-state index contributed by atoms with van der Waals surface area (Å²) in [6.45, 7) is 0. The summed E-state index contributed by atoms with van der Waals surface area (Å²) < 4.78 is 1.45. The number of fused-ring (bicyclic) bond motifs is 1. The van der Waals surface area contributed by atoms with Gasteiger partial charge in [-0.2, -0.15) is 0 Å². The minimum Gasteiger partial charge on any atom is -0.317 e. The zero-order valence-corrected chi connectivity index (χ0v) is 12.5. The smallest absolute Gasteiger partial charge is 0.260 e. The van der Waals surface area contributed by atoms with Crippen LogP contribution in [0.1, 0.15) is 10.4 Å². The molecule has 4 nitrogen and oxygen atoms in total. The number of hydrogen-bond acceptors (Lipinski definition) is 2. The fraction of sp³-hybridized carbons (Fsp3) is 0.111. The second-order valence-corrected chi connectivity index (χ2v) is 5.20. The highest BCUT2D eigenvalue weighted by Gasteiger charge is 2.18. The predicted molar refractivity (Wildman–Crippen MR) is 88.4 cm³/mol. The topological polar surface area (TPSA) is 42.3 Å². The van der Waals surface area contributed by atoms with Gasteiger partial charge in [-0.25, -0.2) is 0 Å². The Hall–Kier alpha value is -2.88. The van der Waals surface area contributed by atoms with E-state index in [-0.39, 0.29) is 11.5 Å². The third-order valence-corrected chi connectivity index (χ3v) is 3.77. The number of para-hydroxylation sites is 1. The van der Waals surface area contributed by atoms with Gasteiger partial charge in [-0.15, -0.1) is 0 Å². The molecule has 0 radical (unpaired) electrons. The quantitative estimate of drug-likeness (QED) is 0.729. The Morgan fingerprint density at radius 2 is 1.55 bits per heavy atom. The largest absolute Gasteiger partial charge is 0.317 e. The van der Waals surface area contributed by atoms with Crippen molar-refractivity contribution in [2.45, 2.75) is 0 Å². The molecule has 0 atom stereocenters. The normalized spacial score (nSPS) is 10.6. The van der Waals surface area contributed by atoms with Crippen molar-refractivity contribution in [3.63, 3.8) is 0 Å². The van der Waals surface area contributed by atoms with E-state index in [9.17, 15) is 9.59 Å². The number of carbonyl (C=O) groups excluding carboxylic acids is 1. The molecule has 110 valence electrons. The van der Waals surface area contributed by atoms with Gasteiger partial charge in [0.25, 0.3) is 11.5 Å². The summed E-state index contributed by atoms with van der Waals surface area (Å²) in [5.74, 6) is -0.141. The zero-order valence-electron chi connectivity index (χ0n) is 12.5. The molecule has 1 aromatic heterocycles. The lowest BCUT2D eigenvalue weighted by Gasteiger charge is -2.18. The molecule has 0 fully saturated rings. The Labute approximate surface area is 128 Å². The van der Waals surface area contributed by atoms with Gasteiger partial charge in [0.2, 0.25) is 0 Å². The van der Waals surface area contributed by atoms with Crippen molar-refractivity contribution < 1.29 is 4.79 Å². The number of rotatable bonds is 2. The number of carbonyl (C=O) groups is 1. The maximum Gasteiger partial charge on any atom is 0.260 e. The Bertz CT molecular complexity index is 898. The molecule has 0 aliphatic rings. The van der Waals surface area contributed by atoms with Crippen LogP contribution in [-0.4, -0.2) is 17.5 Å². The van der Waals surface area contributed by atoms with E-state index < -0.39 is 0 Å². The zero-order chi connectivity index (χ0) is 15.7. The fourth-order valence-electron chi connectivity index (χ4n) is 2.54. The van der Waals surface area contributed by atoms with Crippen molar-refractivity contribution in [1.82, 2.24) is 4.57 Å². The molecule has 3 aromatic rings. The van der Waals surface area contributed by atoms with Gasteiger partial charge in [-0.1, -0.05) is 36.4 Å². The standard InChI is InChI=1S/C18H16N2O2/c1-19-12-16(14-10-6-7-11-15(14)17(19)21)18(22)20(2)13-8-4-3-5-9-13/h3-12H,1-2H3. The Balaban J connectivity index is 2.16. The van der Waals surface area contributed by atoms with Crippen molar-refractivity contribution in [3.05, 3.63) is 76.7 Å². The first kappa shape index (κ1) is 14.1. The first-order valence-corrected chi connectivity index (χ1v) is 7.01. The van der Waals surface area contributed by atoms with E-state index in [1.54, 1.807) is 37.3 Å². The summed E-state index contributed by atoms with van der Waals surface area (Å²) in [7, 11) is 3.39. The van der Waals surface area contributed by atoms with Crippen molar-refractivity contribution in [2.24, 2.45) is 7.05 Å². The number of benzene rings is 2. The number of anilines is 1. The molecule has 0 saturated heterocycles. The highest BCUT2D eigenvalue weighted by molar-refractivity contribution is 6.13. The number of amides is 1. The van der Waals surface area contributed by atoms with Crippen molar-refractivity contribution in [2.75, 3.05) is 11.9 Å². The van der Waals surface area contributed by atoms with Crippen LogP contribution in [0.3, 0.4) is 0 Å². The third-order valence-electron chi connectivity index (χ3n) is 3.77. The highest BCUT2D eigenvalue weighted by Crippen LogP contribution is 2.20. The first-order valence-electron chi connectivity index (χ1n) is 7.01. The van der Waals surface area contributed by atoms with Crippen LogP contribution in [0.15, 0.2) is 65.6 Å². The number of aryl methyl sites for hydroxylation is 1. The summed E-state index contributed by atoms with van der Waals surface area (Å²) in [5, 5.41) is 1.23. The molecule has 3 rings (SSSR count). The maximum absolute atomic E-state index is 12.8. The molecule has 2 aromatic carbocycles. The van der Waals surface area contributed by atoms with Gasteiger partial charge in [0.1, 0.15) is 0 Å². The van der Waals surface area contributed by atoms with Gasteiger partial charge in [-0.3, -0.25) is 9.59 Å². The lowest BCUT2D eigenvalue weighted by Crippen LogP contribution is -2.28. The van der Waals surface area contributed by atoms with Gasteiger partial charge >= 0.3 is 0 Å². The van der Waals surface area contributed by atoms with E-state index in [1.807, 2.05) is 42.5 Å². The van der Waals surface area contributed by atoms with E-state index in [1.165, 1.54) is 4.57 Å². The molecule has 0 spiro atoms. The average molecular weight is 292 g/mol. The highest BCUT2D eigenvalue weighted by atomic mass is 16.2. The number of hydrogen-bond donors (Lipinski definition) is 0. The number of pyridine rings is 1. The van der Waals surface area contributed by atoms with Crippen LogP contribution in [0.5, 0.6) is 0 Å². The summed E-state index contributed by atoms with van der Waals surface area (Å²) in [4.78, 5) is 26.6. The summed E-state index contributed by atoms with van der Waals surface area (Å²) in [5.41, 5.74) is 1.23. The summed E-state index contributed by atoms with van der Waals surface area (Å²) in [6, 6.07) is 16.6. The van der Waals surface area contributed by atoms with Crippen LogP contribution in [-0.2, 0) is 7.05 Å². The molecule has 22 heavy (non-hydrogen) atoms. The van der Waals surface area contributed by atoms with Crippen molar-refractivity contribution in [1.29, 1.82) is 0 Å². The van der Waals surface area contributed by atoms with Gasteiger partial charge in [-0.05, 0) is 18.2 Å². The monoisotopic (exact) mass is 292 g/mol. The van der Waals surface area contributed by atoms with Crippen LogP contribution >= 0.6 is 0 Å². The summed E-state index contributed by atoms with van der Waals surface area (Å²) >= 11 is 0. The number of nitrogens with zero attached hydrogens (tertiary/aromatic N) is 2. The van der Waals surface area contributed by atoms with E-state index in [2.05, 4.69) is 0 Å². The van der Waals surface area contributed by atoms with Gasteiger partial charge in [0, 0.05) is 36.8 Å². The lowest BCUT2D eigenvalue weighted by atomic mass is 10.1. The molecule has 0 aliphatic heterocycles. The molecule has 0 aliphatic carbocycles. The SMILES string of the molecule is CN(C(=O)c1cn(C)c(=O)c2ccccc12)c1ccccc1. The van der Waals surface area contributed by atoms with E-state index in [4.69, 9.17) is 0 Å². The predicted octanol–water partition coefficient (Wildman–Crippen LogP) is 2.82. The van der Waals surface area contributed by atoms with Gasteiger partial charge in [0.15, 0.2) is 0 Å². The number of aromatic nitrogens is 1. The minimum absolute atomic E-state index is 0.102. The van der Waals surface area contributed by atoms with E-state index >= 15 is 0 Å². The minimum atomic E-state index is -0.141. The molecular formula is C18H16N2O2. The lowest BCUT2D eigenvalue weighted by molar-refractivity contribution is 0.0994. The summed E-state index contributed by atoms with van der Waals surface area (Å²) in [6.07, 6.45) is 1.60. The average Bonchev–Trinajstić information content (AvgIpc) is 2.57. The van der Waals surface area contributed by atoms with Gasteiger partial charge < -0.3 is 9.47 Å². The van der Waals surface area contributed by atoms with E-state index in [0.29, 0.717) is 16.3 Å². The van der Waals surface area contributed by atoms with Gasteiger partial charge in [0.05, 0.1) is 5.56 Å². The second kappa shape index (κ2) is 5.48. The molecule has 1 heterocycles. The second-order valence-electron chi connectivity index (χ2n) is 5.20. The molecule has 0 saturated carbocycles. The maximum atomic E-state index is 12.8. The Morgan fingerprint density at radius 1 is 0.955 bits per heavy atom. The van der Waals surface area contributed by atoms with Crippen LogP contribution in [0, 0.1) is 0 Å². The molecule has 0 bridgehead atoms. The Kier molecular flexibility index (Phi) is 3.51. The Morgan fingerprint density at radius 3 is 2.23 bits per heavy atom. The van der Waals surface area contributed by atoms with Crippen molar-refractivity contribution in [3.8, 4) is 0 Å². The third kappa shape index (κ3) is 2.29. The molecule has 0 unspecified atom stereocenters. The molecule has 4 heteroatoms. The fourth-order valence-corrected chi connectivity index (χ4v) is 2.54. The van der Waals surface area contributed by atoms with Crippen LogP contribution < -0.4 is 10.5 Å². The molecule has 0 N–H and O–H groups in total. The molecular weight excluding hydrogens is 276 g/mol. The van der Waals surface area contributed by atoms with Crippen LogP contribution in [0.4, 0.5) is 5.69 Å². The van der Waals surface area contributed by atoms with Crippen molar-refractivity contribution >= 4 is 22.4 Å². The van der Waals surface area contributed by atoms with E-state index in [0.717, 1.165) is 5.69 Å². The van der Waals surface area contributed by atoms with Crippen LogP contribution in [0.25, 0.3) is 10.8 Å². The first-order chi connectivity index (χ1) is 10.6. The van der Waals surface area contributed by atoms with Crippen LogP contribution in [0.2, 0.25) is 0 Å². The molecule has 1 amide bonds.